The summed E-state index contributed by atoms with van der Waals surface area (Å²) in [5.74, 6) is 0.465. The zero-order chi connectivity index (χ0) is 12.3. The fraction of sp³-hybridized carbons (Fsp3) is 0.583. The van der Waals surface area contributed by atoms with Crippen LogP contribution in [0.15, 0.2) is 12.1 Å². The molecule has 1 aromatic rings. The highest BCUT2D eigenvalue weighted by Gasteiger charge is 2.19. The quantitative estimate of drug-likeness (QED) is 0.801. The standard InChI is InChI=1S/C12H20ClN3/c1-8(12(2,3)4)15-7-9-5-10(13)16-11(14)6-9/h5-6,8,15H,7H2,1-4H3,(H2,14,16). The first-order chi connectivity index (χ1) is 7.29. The predicted octanol–water partition coefficient (Wildman–Crippen LogP) is 2.84. The summed E-state index contributed by atoms with van der Waals surface area (Å²) in [6, 6.07) is 4.09. The maximum absolute atomic E-state index is 5.84. The Labute approximate surface area is 102 Å². The molecule has 0 radical (unpaired) electrons. The Morgan fingerprint density at radius 3 is 2.56 bits per heavy atom. The Bertz CT molecular complexity index is 338. The van der Waals surface area contributed by atoms with E-state index in [-0.39, 0.29) is 5.41 Å². The summed E-state index contributed by atoms with van der Waals surface area (Å²) in [5.41, 5.74) is 6.93. The fourth-order valence-corrected chi connectivity index (χ4v) is 1.49. The third-order valence-corrected chi connectivity index (χ3v) is 2.98. The van der Waals surface area contributed by atoms with Gasteiger partial charge < -0.3 is 11.1 Å². The minimum atomic E-state index is 0.238. The first-order valence-electron chi connectivity index (χ1n) is 5.44. The summed E-state index contributed by atoms with van der Waals surface area (Å²) in [5, 5.41) is 3.90. The number of hydrogen-bond acceptors (Lipinski definition) is 3. The van der Waals surface area contributed by atoms with Gasteiger partial charge in [0.2, 0.25) is 0 Å². The lowest BCUT2D eigenvalue weighted by atomic mass is 9.88. The number of nitrogen functional groups attached to an aromatic ring is 1. The van der Waals surface area contributed by atoms with Gasteiger partial charge >= 0.3 is 0 Å². The molecular weight excluding hydrogens is 222 g/mol. The second kappa shape index (κ2) is 5.02. The summed E-state index contributed by atoms with van der Waals surface area (Å²) in [6.07, 6.45) is 0. The van der Waals surface area contributed by atoms with Crippen molar-refractivity contribution in [2.45, 2.75) is 40.3 Å². The molecule has 0 saturated carbocycles. The monoisotopic (exact) mass is 241 g/mol. The van der Waals surface area contributed by atoms with Gasteiger partial charge in [0.1, 0.15) is 11.0 Å². The summed E-state index contributed by atoms with van der Waals surface area (Å²) in [4.78, 5) is 3.93. The smallest absolute Gasteiger partial charge is 0.131 e. The predicted molar refractivity (Wildman–Crippen MR) is 69.4 cm³/mol. The largest absolute Gasteiger partial charge is 0.384 e. The average Bonchev–Trinajstić information content (AvgIpc) is 2.11. The van der Waals surface area contributed by atoms with Crippen LogP contribution in [0.2, 0.25) is 5.15 Å². The molecular formula is C12H20ClN3. The van der Waals surface area contributed by atoms with E-state index in [9.17, 15) is 0 Å². The van der Waals surface area contributed by atoms with Crippen molar-refractivity contribution in [3.63, 3.8) is 0 Å². The van der Waals surface area contributed by atoms with Crippen molar-refractivity contribution in [1.82, 2.24) is 10.3 Å². The third kappa shape index (κ3) is 3.99. The molecule has 0 amide bonds. The number of anilines is 1. The normalized spacial score (nSPS) is 13.8. The number of pyridine rings is 1. The first-order valence-corrected chi connectivity index (χ1v) is 5.82. The molecule has 1 aromatic heterocycles. The molecule has 1 atom stereocenters. The van der Waals surface area contributed by atoms with Crippen molar-refractivity contribution < 1.29 is 0 Å². The van der Waals surface area contributed by atoms with Crippen LogP contribution in [0.5, 0.6) is 0 Å². The minimum absolute atomic E-state index is 0.238. The van der Waals surface area contributed by atoms with Gasteiger partial charge in [-0.2, -0.15) is 0 Å². The summed E-state index contributed by atoms with van der Waals surface area (Å²) < 4.78 is 0. The van der Waals surface area contributed by atoms with E-state index in [1.165, 1.54) is 0 Å². The van der Waals surface area contributed by atoms with E-state index in [2.05, 4.69) is 38.0 Å². The van der Waals surface area contributed by atoms with Crippen molar-refractivity contribution in [3.8, 4) is 0 Å². The first kappa shape index (κ1) is 13.3. The summed E-state index contributed by atoms with van der Waals surface area (Å²) >= 11 is 5.84. The molecule has 0 aliphatic heterocycles. The SMILES string of the molecule is CC(NCc1cc(N)nc(Cl)c1)C(C)(C)C. The molecule has 0 spiro atoms. The van der Waals surface area contributed by atoms with Crippen LogP contribution in [0.25, 0.3) is 0 Å². The molecule has 0 bridgehead atoms. The molecule has 1 rings (SSSR count). The topological polar surface area (TPSA) is 50.9 Å². The number of nitrogens with zero attached hydrogens (tertiary/aromatic N) is 1. The van der Waals surface area contributed by atoms with Crippen LogP contribution in [-0.4, -0.2) is 11.0 Å². The van der Waals surface area contributed by atoms with Crippen molar-refractivity contribution in [2.24, 2.45) is 5.41 Å². The molecule has 0 saturated heterocycles. The number of hydrogen-bond donors (Lipinski definition) is 2. The van der Waals surface area contributed by atoms with Crippen molar-refractivity contribution >= 4 is 17.4 Å². The highest BCUT2D eigenvalue weighted by molar-refractivity contribution is 6.29. The van der Waals surface area contributed by atoms with Crippen LogP contribution in [0.3, 0.4) is 0 Å². The van der Waals surface area contributed by atoms with Crippen LogP contribution in [0, 0.1) is 5.41 Å². The van der Waals surface area contributed by atoms with E-state index in [0.29, 0.717) is 17.0 Å². The number of aromatic nitrogens is 1. The maximum atomic E-state index is 5.84. The Hall–Kier alpha value is -0.800. The van der Waals surface area contributed by atoms with Gasteiger partial charge in [-0.3, -0.25) is 0 Å². The zero-order valence-electron chi connectivity index (χ0n) is 10.3. The van der Waals surface area contributed by atoms with Gasteiger partial charge in [-0.25, -0.2) is 4.98 Å². The maximum Gasteiger partial charge on any atom is 0.131 e. The van der Waals surface area contributed by atoms with Gasteiger partial charge in [0, 0.05) is 12.6 Å². The Balaban J connectivity index is 2.61. The van der Waals surface area contributed by atoms with Gasteiger partial charge in [0.25, 0.3) is 0 Å². The molecule has 90 valence electrons. The second-order valence-corrected chi connectivity index (χ2v) is 5.58. The Morgan fingerprint density at radius 2 is 2.06 bits per heavy atom. The van der Waals surface area contributed by atoms with E-state index in [1.54, 1.807) is 0 Å². The number of rotatable bonds is 3. The number of nitrogens with two attached hydrogens (primary N) is 1. The summed E-state index contributed by atoms with van der Waals surface area (Å²) in [6.45, 7) is 9.55. The van der Waals surface area contributed by atoms with Gasteiger partial charge in [0.05, 0.1) is 0 Å². The molecule has 0 aromatic carbocycles. The zero-order valence-corrected chi connectivity index (χ0v) is 11.1. The molecule has 4 heteroatoms. The molecule has 1 unspecified atom stereocenters. The van der Waals surface area contributed by atoms with Crippen LogP contribution < -0.4 is 11.1 Å². The van der Waals surface area contributed by atoms with Gasteiger partial charge in [-0.05, 0) is 30.0 Å². The van der Waals surface area contributed by atoms with Crippen molar-refractivity contribution in [1.29, 1.82) is 0 Å². The minimum Gasteiger partial charge on any atom is -0.384 e. The molecule has 3 N–H and O–H groups in total. The van der Waals surface area contributed by atoms with Crippen LogP contribution in [-0.2, 0) is 6.54 Å². The van der Waals surface area contributed by atoms with Crippen LogP contribution in [0.1, 0.15) is 33.3 Å². The van der Waals surface area contributed by atoms with E-state index in [4.69, 9.17) is 17.3 Å². The third-order valence-electron chi connectivity index (χ3n) is 2.79. The van der Waals surface area contributed by atoms with E-state index >= 15 is 0 Å². The molecule has 3 nitrogen and oxygen atoms in total. The number of nitrogens with one attached hydrogen (secondary N) is 1. The molecule has 16 heavy (non-hydrogen) atoms. The van der Waals surface area contributed by atoms with Crippen molar-refractivity contribution in [3.05, 3.63) is 22.8 Å². The van der Waals surface area contributed by atoms with Gasteiger partial charge in [0.15, 0.2) is 0 Å². The van der Waals surface area contributed by atoms with Crippen molar-refractivity contribution in [2.75, 3.05) is 5.73 Å². The van der Waals surface area contributed by atoms with Gasteiger partial charge in [-0.1, -0.05) is 32.4 Å². The molecule has 0 aliphatic carbocycles. The Kier molecular flexibility index (Phi) is 4.16. The lowest BCUT2D eigenvalue weighted by molar-refractivity contribution is 0.285. The van der Waals surface area contributed by atoms with E-state index < -0.39 is 0 Å². The van der Waals surface area contributed by atoms with Crippen LogP contribution >= 0.6 is 11.6 Å². The van der Waals surface area contributed by atoms with Crippen LogP contribution in [0.4, 0.5) is 5.82 Å². The lowest BCUT2D eigenvalue weighted by Gasteiger charge is -2.28. The van der Waals surface area contributed by atoms with E-state index in [0.717, 1.165) is 12.1 Å². The highest BCUT2D eigenvalue weighted by Crippen LogP contribution is 2.19. The molecule has 0 fully saturated rings. The van der Waals surface area contributed by atoms with Gasteiger partial charge in [-0.15, -0.1) is 0 Å². The fourth-order valence-electron chi connectivity index (χ4n) is 1.25. The second-order valence-electron chi connectivity index (χ2n) is 5.19. The summed E-state index contributed by atoms with van der Waals surface area (Å²) in [7, 11) is 0. The average molecular weight is 242 g/mol. The Morgan fingerprint density at radius 1 is 1.44 bits per heavy atom. The molecule has 1 heterocycles. The van der Waals surface area contributed by atoms with E-state index in [1.807, 2.05) is 12.1 Å². The lowest BCUT2D eigenvalue weighted by Crippen LogP contribution is -2.37. The molecule has 0 aliphatic rings. The number of halogens is 1. The highest BCUT2D eigenvalue weighted by atomic mass is 35.5.